The maximum absolute atomic E-state index is 11.8. The summed E-state index contributed by atoms with van der Waals surface area (Å²) >= 11 is 0. The Morgan fingerprint density at radius 3 is 2.93 bits per heavy atom. The van der Waals surface area contributed by atoms with Gasteiger partial charge in [-0.1, -0.05) is 6.92 Å². The predicted molar refractivity (Wildman–Crippen MR) is 58.5 cm³/mol. The van der Waals surface area contributed by atoms with E-state index in [1.165, 1.54) is 0 Å². The van der Waals surface area contributed by atoms with E-state index in [1.807, 2.05) is 13.8 Å². The summed E-state index contributed by atoms with van der Waals surface area (Å²) in [6, 6.07) is 0.150. The van der Waals surface area contributed by atoms with Crippen molar-refractivity contribution in [1.82, 2.24) is 15.5 Å². The van der Waals surface area contributed by atoms with Crippen molar-refractivity contribution in [2.24, 2.45) is 5.73 Å². The van der Waals surface area contributed by atoms with Gasteiger partial charge in [-0.3, -0.25) is 9.89 Å². The molecule has 1 heterocycles. The number of H-pyrrole nitrogens is 1. The van der Waals surface area contributed by atoms with Gasteiger partial charge in [0, 0.05) is 11.7 Å². The SMILES string of the molecule is CCC(CCN)NC(=O)c1cn[nH]c1C. The second kappa shape index (κ2) is 5.50. The molecule has 5 nitrogen and oxygen atoms in total. The van der Waals surface area contributed by atoms with Crippen LogP contribution in [0, 0.1) is 6.92 Å². The molecule has 0 aromatic carbocycles. The van der Waals surface area contributed by atoms with Gasteiger partial charge in [-0.25, -0.2) is 0 Å². The number of aromatic nitrogens is 2. The molecule has 0 bridgehead atoms. The van der Waals surface area contributed by atoms with E-state index >= 15 is 0 Å². The van der Waals surface area contributed by atoms with E-state index in [0.717, 1.165) is 18.5 Å². The van der Waals surface area contributed by atoms with Gasteiger partial charge in [0.1, 0.15) is 0 Å². The lowest BCUT2D eigenvalue weighted by atomic mass is 10.1. The number of hydrogen-bond donors (Lipinski definition) is 3. The van der Waals surface area contributed by atoms with Crippen molar-refractivity contribution >= 4 is 5.91 Å². The maximum atomic E-state index is 11.8. The minimum Gasteiger partial charge on any atom is -0.349 e. The summed E-state index contributed by atoms with van der Waals surface area (Å²) < 4.78 is 0. The topological polar surface area (TPSA) is 83.8 Å². The third kappa shape index (κ3) is 3.06. The minimum absolute atomic E-state index is 0.0819. The molecule has 4 N–H and O–H groups in total. The number of nitrogens with zero attached hydrogens (tertiary/aromatic N) is 1. The molecule has 0 saturated heterocycles. The molecule has 0 saturated carbocycles. The van der Waals surface area contributed by atoms with Gasteiger partial charge in [-0.15, -0.1) is 0 Å². The molecule has 1 aromatic heterocycles. The van der Waals surface area contributed by atoms with Crippen molar-refractivity contribution in [1.29, 1.82) is 0 Å². The zero-order valence-electron chi connectivity index (χ0n) is 9.21. The van der Waals surface area contributed by atoms with Gasteiger partial charge in [0.05, 0.1) is 11.8 Å². The highest BCUT2D eigenvalue weighted by atomic mass is 16.1. The molecule has 84 valence electrons. The lowest BCUT2D eigenvalue weighted by Crippen LogP contribution is -2.36. The number of carbonyl (C=O) groups is 1. The second-order valence-corrected chi connectivity index (χ2v) is 3.56. The number of amides is 1. The van der Waals surface area contributed by atoms with Gasteiger partial charge < -0.3 is 11.1 Å². The molecule has 0 aliphatic carbocycles. The van der Waals surface area contributed by atoms with E-state index in [2.05, 4.69) is 15.5 Å². The molecule has 0 fully saturated rings. The quantitative estimate of drug-likeness (QED) is 0.664. The first-order valence-corrected chi connectivity index (χ1v) is 5.20. The van der Waals surface area contributed by atoms with Gasteiger partial charge in [0.2, 0.25) is 0 Å². The summed E-state index contributed by atoms with van der Waals surface area (Å²) in [6.07, 6.45) is 3.23. The number of carbonyl (C=O) groups excluding carboxylic acids is 1. The maximum Gasteiger partial charge on any atom is 0.254 e. The standard InChI is InChI=1S/C10H18N4O/c1-3-8(4-5-11)13-10(15)9-6-12-14-7(9)2/h6,8H,3-5,11H2,1-2H3,(H,12,14)(H,13,15). The lowest BCUT2D eigenvalue weighted by Gasteiger charge is -2.15. The van der Waals surface area contributed by atoms with Crippen LogP contribution in [0.1, 0.15) is 35.8 Å². The van der Waals surface area contributed by atoms with Crippen molar-refractivity contribution in [2.75, 3.05) is 6.54 Å². The summed E-state index contributed by atoms with van der Waals surface area (Å²) in [4.78, 5) is 11.8. The van der Waals surface area contributed by atoms with Crippen LogP contribution in [0.5, 0.6) is 0 Å². The van der Waals surface area contributed by atoms with Gasteiger partial charge in [0.25, 0.3) is 5.91 Å². The van der Waals surface area contributed by atoms with Gasteiger partial charge in [0.15, 0.2) is 0 Å². The molecule has 0 spiro atoms. The molecule has 1 amide bonds. The Labute approximate surface area is 89.4 Å². The van der Waals surface area contributed by atoms with Crippen molar-refractivity contribution < 1.29 is 4.79 Å². The van der Waals surface area contributed by atoms with E-state index in [9.17, 15) is 4.79 Å². The third-order valence-electron chi connectivity index (χ3n) is 2.42. The van der Waals surface area contributed by atoms with Gasteiger partial charge in [-0.2, -0.15) is 5.10 Å². The number of nitrogens with one attached hydrogen (secondary N) is 2. The van der Waals surface area contributed by atoms with E-state index in [0.29, 0.717) is 12.1 Å². The van der Waals surface area contributed by atoms with Crippen LogP contribution in [0.25, 0.3) is 0 Å². The fraction of sp³-hybridized carbons (Fsp3) is 0.600. The van der Waals surface area contributed by atoms with Crippen molar-refractivity contribution in [3.63, 3.8) is 0 Å². The van der Waals surface area contributed by atoms with Crippen molar-refractivity contribution in [3.8, 4) is 0 Å². The second-order valence-electron chi connectivity index (χ2n) is 3.56. The van der Waals surface area contributed by atoms with Crippen LogP contribution >= 0.6 is 0 Å². The number of hydrogen-bond acceptors (Lipinski definition) is 3. The molecule has 5 heteroatoms. The number of aryl methyl sites for hydroxylation is 1. The van der Waals surface area contributed by atoms with E-state index in [4.69, 9.17) is 5.73 Å². The van der Waals surface area contributed by atoms with E-state index in [-0.39, 0.29) is 11.9 Å². The van der Waals surface area contributed by atoms with Crippen LogP contribution in [-0.2, 0) is 0 Å². The highest BCUT2D eigenvalue weighted by Gasteiger charge is 2.14. The van der Waals surface area contributed by atoms with Crippen LogP contribution in [0.2, 0.25) is 0 Å². The van der Waals surface area contributed by atoms with Crippen LogP contribution in [0.15, 0.2) is 6.20 Å². The Hall–Kier alpha value is -1.36. The molecule has 1 rings (SSSR count). The van der Waals surface area contributed by atoms with Crippen LogP contribution in [0.3, 0.4) is 0 Å². The molecule has 1 unspecified atom stereocenters. The third-order valence-corrected chi connectivity index (χ3v) is 2.42. The molecular formula is C10H18N4O. The molecule has 0 aliphatic heterocycles. The fourth-order valence-corrected chi connectivity index (χ4v) is 1.42. The van der Waals surface area contributed by atoms with Crippen LogP contribution < -0.4 is 11.1 Å². The zero-order chi connectivity index (χ0) is 11.3. The number of nitrogens with two attached hydrogens (primary N) is 1. The first-order valence-electron chi connectivity index (χ1n) is 5.20. The zero-order valence-corrected chi connectivity index (χ0v) is 9.21. The van der Waals surface area contributed by atoms with Gasteiger partial charge >= 0.3 is 0 Å². The van der Waals surface area contributed by atoms with E-state index < -0.39 is 0 Å². The van der Waals surface area contributed by atoms with Crippen molar-refractivity contribution in [3.05, 3.63) is 17.5 Å². The van der Waals surface area contributed by atoms with Gasteiger partial charge in [-0.05, 0) is 26.3 Å². The summed E-state index contributed by atoms with van der Waals surface area (Å²) in [5, 5.41) is 9.48. The highest BCUT2D eigenvalue weighted by Crippen LogP contribution is 2.04. The normalized spacial score (nSPS) is 12.5. The fourth-order valence-electron chi connectivity index (χ4n) is 1.42. The summed E-state index contributed by atoms with van der Waals surface area (Å²) in [7, 11) is 0. The molecular weight excluding hydrogens is 192 g/mol. The molecule has 1 aromatic rings. The Morgan fingerprint density at radius 1 is 1.73 bits per heavy atom. The molecule has 0 radical (unpaired) electrons. The van der Waals surface area contributed by atoms with Crippen LogP contribution in [0.4, 0.5) is 0 Å². The Balaban J connectivity index is 2.58. The predicted octanol–water partition coefficient (Wildman–Crippen LogP) is 0.575. The first kappa shape index (κ1) is 11.7. The number of rotatable bonds is 5. The monoisotopic (exact) mass is 210 g/mol. The lowest BCUT2D eigenvalue weighted by molar-refractivity contribution is 0.0934. The first-order chi connectivity index (χ1) is 7.19. The summed E-state index contributed by atoms with van der Waals surface area (Å²) in [6.45, 7) is 4.44. The Kier molecular flexibility index (Phi) is 4.30. The minimum atomic E-state index is -0.0819. The van der Waals surface area contributed by atoms with Crippen molar-refractivity contribution in [2.45, 2.75) is 32.7 Å². The largest absolute Gasteiger partial charge is 0.349 e. The Morgan fingerprint density at radius 2 is 2.47 bits per heavy atom. The summed E-state index contributed by atoms with van der Waals surface area (Å²) in [5.41, 5.74) is 6.85. The van der Waals surface area contributed by atoms with E-state index in [1.54, 1.807) is 6.20 Å². The van der Waals surface area contributed by atoms with Crippen LogP contribution in [-0.4, -0.2) is 28.7 Å². The molecule has 0 aliphatic rings. The Bertz CT molecular complexity index is 321. The highest BCUT2D eigenvalue weighted by molar-refractivity contribution is 5.95. The summed E-state index contributed by atoms with van der Waals surface area (Å²) in [5.74, 6) is -0.0819. The molecule has 15 heavy (non-hydrogen) atoms. The smallest absolute Gasteiger partial charge is 0.254 e. The average molecular weight is 210 g/mol. The molecule has 1 atom stereocenters. The number of aromatic amines is 1. The average Bonchev–Trinajstić information content (AvgIpc) is 2.63.